The molecule has 0 aliphatic carbocycles. The lowest BCUT2D eigenvalue weighted by Crippen LogP contribution is -2.10. The molecule has 0 radical (unpaired) electrons. The minimum absolute atomic E-state index is 0.104. The summed E-state index contributed by atoms with van der Waals surface area (Å²) in [5.74, 6) is 0.450. The van der Waals surface area contributed by atoms with Gasteiger partial charge in [0.05, 0.1) is 11.5 Å². The highest BCUT2D eigenvalue weighted by molar-refractivity contribution is 8.03. The van der Waals surface area contributed by atoms with E-state index in [0.717, 1.165) is 28.9 Å². The van der Waals surface area contributed by atoms with Crippen LogP contribution in [0.3, 0.4) is 0 Å². The van der Waals surface area contributed by atoms with Crippen LogP contribution in [0.4, 0.5) is 0 Å². The molecule has 1 aromatic heterocycles. The van der Waals surface area contributed by atoms with Crippen LogP contribution in [0, 0.1) is 0 Å². The number of hydrogen-bond donors (Lipinski definition) is 1. The molecule has 4 nitrogen and oxygen atoms in total. The van der Waals surface area contributed by atoms with Crippen LogP contribution in [0.15, 0.2) is 78.0 Å². The van der Waals surface area contributed by atoms with E-state index in [4.69, 9.17) is 4.74 Å². The van der Waals surface area contributed by atoms with Gasteiger partial charge in [0.1, 0.15) is 5.75 Å². The van der Waals surface area contributed by atoms with E-state index in [0.29, 0.717) is 17.3 Å². The van der Waals surface area contributed by atoms with Gasteiger partial charge in [-0.05, 0) is 51.9 Å². The Morgan fingerprint density at radius 3 is 2.34 bits per heavy atom. The first-order chi connectivity index (χ1) is 15.3. The topological polar surface area (TPSA) is 59.4 Å². The molecule has 32 heavy (non-hydrogen) atoms. The molecule has 1 heterocycles. The number of pyridine rings is 1. The van der Waals surface area contributed by atoms with Gasteiger partial charge in [0.2, 0.25) is 0 Å². The van der Waals surface area contributed by atoms with Crippen molar-refractivity contribution < 1.29 is 14.6 Å². The Bertz CT molecular complexity index is 1040. The number of rotatable bonds is 9. The van der Waals surface area contributed by atoms with Crippen LogP contribution in [-0.2, 0) is 22.4 Å². The van der Waals surface area contributed by atoms with E-state index in [1.807, 2.05) is 42.6 Å². The third-order valence-electron chi connectivity index (χ3n) is 4.99. The third kappa shape index (κ3) is 7.27. The van der Waals surface area contributed by atoms with Gasteiger partial charge in [-0.1, -0.05) is 63.2 Å². The van der Waals surface area contributed by atoms with Crippen LogP contribution in [0.2, 0.25) is 0 Å². The molecule has 3 aromatic rings. The molecule has 0 saturated heterocycles. The molecule has 5 heteroatoms. The second-order valence-electron chi connectivity index (χ2n) is 8.58. The van der Waals surface area contributed by atoms with Crippen molar-refractivity contribution in [3.8, 4) is 5.75 Å². The molecule has 1 N–H and O–H groups in total. The molecule has 0 fully saturated rings. The Morgan fingerprint density at radius 2 is 1.75 bits per heavy atom. The van der Waals surface area contributed by atoms with E-state index >= 15 is 0 Å². The molecule has 0 amide bonds. The number of hydrogen-bond acceptors (Lipinski definition) is 4. The SMILES string of the molecule is CC(C)(C)c1ccc(CS/C(=C\c2ccc(OCCc3cccnc3)cc2)C(=O)O)cc1. The number of nitrogens with zero attached hydrogens (tertiary/aromatic N) is 1. The molecule has 0 aliphatic rings. The molecule has 3 rings (SSSR count). The van der Waals surface area contributed by atoms with Crippen molar-refractivity contribution in [3.05, 3.63) is 100 Å². The quantitative estimate of drug-likeness (QED) is 0.387. The Kier molecular flexibility index (Phi) is 8.12. The van der Waals surface area contributed by atoms with E-state index in [2.05, 4.69) is 50.0 Å². The summed E-state index contributed by atoms with van der Waals surface area (Å²) < 4.78 is 5.79. The zero-order chi connectivity index (χ0) is 23.0. The normalized spacial score (nSPS) is 11.9. The number of carboxylic acids is 1. The Morgan fingerprint density at radius 1 is 1.03 bits per heavy atom. The van der Waals surface area contributed by atoms with E-state index in [-0.39, 0.29) is 5.41 Å². The van der Waals surface area contributed by atoms with E-state index < -0.39 is 5.97 Å². The average molecular weight is 448 g/mol. The number of carboxylic acid groups (broad SMARTS) is 1. The van der Waals surface area contributed by atoms with Crippen molar-refractivity contribution in [2.45, 2.75) is 38.4 Å². The molecular weight excluding hydrogens is 418 g/mol. The maximum absolute atomic E-state index is 11.7. The number of benzene rings is 2. The summed E-state index contributed by atoms with van der Waals surface area (Å²) in [4.78, 5) is 16.1. The molecule has 0 saturated carbocycles. The van der Waals surface area contributed by atoms with Crippen molar-refractivity contribution in [2.24, 2.45) is 0 Å². The standard InChI is InChI=1S/C27H29NO3S/c1-27(2,3)23-10-6-22(7-11-23)19-32-25(26(29)30)17-20-8-12-24(13-9-20)31-16-14-21-5-4-15-28-18-21/h4-13,15,17-18H,14,16,19H2,1-3H3,(H,29,30)/b25-17-. The van der Waals surface area contributed by atoms with Gasteiger partial charge in [0.25, 0.3) is 0 Å². The summed E-state index contributed by atoms with van der Waals surface area (Å²) in [7, 11) is 0. The molecule has 0 unspecified atom stereocenters. The highest BCUT2D eigenvalue weighted by Gasteiger charge is 2.13. The molecule has 0 spiro atoms. The fraction of sp³-hybridized carbons (Fsp3) is 0.259. The predicted molar refractivity (Wildman–Crippen MR) is 132 cm³/mol. The summed E-state index contributed by atoms with van der Waals surface area (Å²) >= 11 is 1.33. The van der Waals surface area contributed by atoms with Gasteiger partial charge in [0.15, 0.2) is 0 Å². The summed E-state index contributed by atoms with van der Waals surface area (Å²) in [6, 6.07) is 19.8. The minimum atomic E-state index is -0.918. The number of aliphatic carboxylic acids is 1. The second-order valence-corrected chi connectivity index (χ2v) is 9.60. The van der Waals surface area contributed by atoms with Gasteiger partial charge < -0.3 is 9.84 Å². The molecule has 0 aliphatic heterocycles. The lowest BCUT2D eigenvalue weighted by Gasteiger charge is -2.19. The first kappa shape index (κ1) is 23.6. The lowest BCUT2D eigenvalue weighted by molar-refractivity contribution is -0.131. The minimum Gasteiger partial charge on any atom is -0.493 e. The molecule has 0 bridgehead atoms. The summed E-state index contributed by atoms with van der Waals surface area (Å²) in [5, 5.41) is 9.62. The number of ether oxygens (including phenoxy) is 1. The van der Waals surface area contributed by atoms with Crippen molar-refractivity contribution in [1.29, 1.82) is 0 Å². The predicted octanol–water partition coefficient (Wildman–Crippen LogP) is 6.36. The summed E-state index contributed by atoms with van der Waals surface area (Å²) in [6.45, 7) is 7.10. The van der Waals surface area contributed by atoms with Gasteiger partial charge in [-0.15, -0.1) is 11.8 Å². The zero-order valence-electron chi connectivity index (χ0n) is 18.7. The van der Waals surface area contributed by atoms with Crippen molar-refractivity contribution in [2.75, 3.05) is 6.61 Å². The number of thioether (sulfide) groups is 1. The summed E-state index contributed by atoms with van der Waals surface area (Å²) in [5.41, 5.74) is 4.43. The fourth-order valence-electron chi connectivity index (χ4n) is 3.07. The third-order valence-corrected chi connectivity index (χ3v) is 6.07. The van der Waals surface area contributed by atoms with Gasteiger partial charge in [-0.2, -0.15) is 0 Å². The molecular formula is C27H29NO3S. The van der Waals surface area contributed by atoms with Crippen molar-refractivity contribution in [1.82, 2.24) is 4.98 Å². The Balaban J connectivity index is 1.57. The fourth-order valence-corrected chi connectivity index (χ4v) is 3.93. The van der Waals surface area contributed by atoms with Crippen molar-refractivity contribution in [3.63, 3.8) is 0 Å². The van der Waals surface area contributed by atoms with E-state index in [1.165, 1.54) is 17.3 Å². The number of carbonyl (C=O) groups is 1. The average Bonchev–Trinajstić information content (AvgIpc) is 2.78. The van der Waals surface area contributed by atoms with Crippen LogP contribution in [-0.4, -0.2) is 22.7 Å². The maximum atomic E-state index is 11.7. The smallest absolute Gasteiger partial charge is 0.342 e. The van der Waals surface area contributed by atoms with Crippen LogP contribution in [0.1, 0.15) is 43.0 Å². The molecule has 166 valence electrons. The van der Waals surface area contributed by atoms with Gasteiger partial charge in [-0.25, -0.2) is 4.79 Å². The number of aromatic nitrogens is 1. The molecule has 2 aromatic carbocycles. The second kappa shape index (κ2) is 11.0. The largest absolute Gasteiger partial charge is 0.493 e. The maximum Gasteiger partial charge on any atom is 0.342 e. The van der Waals surface area contributed by atoms with Crippen LogP contribution < -0.4 is 4.74 Å². The Hall–Kier alpha value is -3.05. The Labute approximate surface area is 194 Å². The van der Waals surface area contributed by atoms with Crippen LogP contribution in [0.5, 0.6) is 5.75 Å². The monoisotopic (exact) mass is 447 g/mol. The summed E-state index contributed by atoms with van der Waals surface area (Å²) in [6.07, 6.45) is 6.08. The lowest BCUT2D eigenvalue weighted by atomic mass is 9.87. The first-order valence-electron chi connectivity index (χ1n) is 10.6. The zero-order valence-corrected chi connectivity index (χ0v) is 19.6. The highest BCUT2D eigenvalue weighted by atomic mass is 32.2. The molecule has 0 atom stereocenters. The van der Waals surface area contributed by atoms with E-state index in [9.17, 15) is 9.90 Å². The highest BCUT2D eigenvalue weighted by Crippen LogP contribution is 2.27. The van der Waals surface area contributed by atoms with E-state index in [1.54, 1.807) is 12.3 Å². The van der Waals surface area contributed by atoms with Gasteiger partial charge in [0, 0.05) is 24.6 Å². The van der Waals surface area contributed by atoms with Crippen LogP contribution >= 0.6 is 11.8 Å². The van der Waals surface area contributed by atoms with Crippen molar-refractivity contribution >= 4 is 23.8 Å². The van der Waals surface area contributed by atoms with Crippen LogP contribution in [0.25, 0.3) is 6.08 Å². The first-order valence-corrected chi connectivity index (χ1v) is 11.6. The van der Waals surface area contributed by atoms with Gasteiger partial charge >= 0.3 is 5.97 Å². The van der Waals surface area contributed by atoms with Gasteiger partial charge in [-0.3, -0.25) is 4.98 Å².